The molecule has 1 saturated carbocycles. The molecule has 0 unspecified atom stereocenters. The Kier molecular flexibility index (Phi) is 6.85. The Morgan fingerprint density at radius 3 is 2.96 bits per heavy atom. The van der Waals surface area contributed by atoms with Crippen molar-refractivity contribution in [1.29, 1.82) is 0 Å². The van der Waals surface area contributed by atoms with E-state index in [1.807, 2.05) is 18.2 Å². The number of hydrogen-bond acceptors (Lipinski definition) is 3. The first kappa shape index (κ1) is 19.7. The molecule has 138 valence electrons. The van der Waals surface area contributed by atoms with Crippen molar-refractivity contribution in [2.75, 3.05) is 26.7 Å². The van der Waals surface area contributed by atoms with Crippen LogP contribution in [0.4, 0.5) is 0 Å². The van der Waals surface area contributed by atoms with Crippen LogP contribution in [0.15, 0.2) is 24.3 Å². The number of carbonyl (C=O) groups is 2. The third-order valence-electron chi connectivity index (χ3n) is 5.61. The summed E-state index contributed by atoms with van der Waals surface area (Å²) in [5.41, 5.74) is 1.54. The minimum Gasteiger partial charge on any atom is -0.355 e. The third-order valence-corrected chi connectivity index (χ3v) is 5.61. The van der Waals surface area contributed by atoms with Gasteiger partial charge >= 0.3 is 0 Å². The van der Waals surface area contributed by atoms with E-state index in [1.165, 1.54) is 6.42 Å². The Morgan fingerprint density at radius 2 is 2.16 bits per heavy atom. The van der Waals surface area contributed by atoms with Crippen LogP contribution in [-0.4, -0.2) is 38.5 Å². The molecule has 1 aliphatic carbocycles. The van der Waals surface area contributed by atoms with Crippen LogP contribution in [0, 0.1) is 11.3 Å². The fourth-order valence-electron chi connectivity index (χ4n) is 4.20. The highest BCUT2D eigenvalue weighted by Gasteiger charge is 2.49. The molecule has 1 aromatic carbocycles. The summed E-state index contributed by atoms with van der Waals surface area (Å²) in [6.07, 6.45) is 5.30. The number of nitrogens with one attached hydrogen (secondary N) is 3. The molecular formula is C19H28ClN3O2. The highest BCUT2D eigenvalue weighted by Crippen LogP contribution is 2.43. The summed E-state index contributed by atoms with van der Waals surface area (Å²) in [6.45, 7) is 2.40. The lowest BCUT2D eigenvalue weighted by molar-refractivity contribution is -0.133. The molecule has 0 bridgehead atoms. The molecule has 0 spiro atoms. The first-order valence-corrected chi connectivity index (χ1v) is 8.96. The summed E-state index contributed by atoms with van der Waals surface area (Å²) in [6, 6.07) is 7.58. The normalized spacial score (nSPS) is 24.8. The zero-order valence-corrected chi connectivity index (χ0v) is 15.6. The Morgan fingerprint density at radius 1 is 1.32 bits per heavy atom. The molecule has 1 aromatic rings. The van der Waals surface area contributed by atoms with Gasteiger partial charge in [0, 0.05) is 25.7 Å². The van der Waals surface area contributed by atoms with Crippen molar-refractivity contribution in [3.8, 4) is 0 Å². The summed E-state index contributed by atoms with van der Waals surface area (Å²) in [7, 11) is 1.63. The topological polar surface area (TPSA) is 70.2 Å². The van der Waals surface area contributed by atoms with Gasteiger partial charge < -0.3 is 16.0 Å². The SMILES string of the molecule is CNC(=O)c1cccc(CCNC(=O)[C@@]23CCCC[C@H]2CNC3)c1.Cl. The number of benzene rings is 1. The van der Waals surface area contributed by atoms with Gasteiger partial charge in [0.1, 0.15) is 0 Å². The summed E-state index contributed by atoms with van der Waals surface area (Å²) < 4.78 is 0. The smallest absolute Gasteiger partial charge is 0.251 e. The van der Waals surface area contributed by atoms with Crippen LogP contribution in [0.1, 0.15) is 41.6 Å². The first-order chi connectivity index (χ1) is 11.7. The maximum Gasteiger partial charge on any atom is 0.251 e. The molecule has 2 fully saturated rings. The van der Waals surface area contributed by atoms with Gasteiger partial charge in [-0.2, -0.15) is 0 Å². The van der Waals surface area contributed by atoms with Crippen LogP contribution in [0.25, 0.3) is 0 Å². The van der Waals surface area contributed by atoms with E-state index >= 15 is 0 Å². The van der Waals surface area contributed by atoms with Crippen LogP contribution < -0.4 is 16.0 Å². The number of rotatable bonds is 5. The third kappa shape index (κ3) is 4.15. The van der Waals surface area contributed by atoms with Crippen LogP contribution in [0.2, 0.25) is 0 Å². The number of hydrogen-bond donors (Lipinski definition) is 3. The molecule has 2 amide bonds. The predicted molar refractivity (Wildman–Crippen MR) is 101 cm³/mol. The van der Waals surface area contributed by atoms with E-state index in [1.54, 1.807) is 13.1 Å². The monoisotopic (exact) mass is 365 g/mol. The van der Waals surface area contributed by atoms with E-state index in [9.17, 15) is 9.59 Å². The van der Waals surface area contributed by atoms with Crippen LogP contribution in [-0.2, 0) is 11.2 Å². The number of carbonyl (C=O) groups excluding carboxylic acids is 2. The van der Waals surface area contributed by atoms with Gasteiger partial charge in [0.2, 0.25) is 5.91 Å². The van der Waals surface area contributed by atoms with Gasteiger partial charge in [-0.1, -0.05) is 25.0 Å². The van der Waals surface area contributed by atoms with E-state index < -0.39 is 0 Å². The number of amides is 2. The molecular weight excluding hydrogens is 338 g/mol. The van der Waals surface area contributed by atoms with Crippen molar-refractivity contribution in [1.82, 2.24) is 16.0 Å². The predicted octanol–water partition coefficient (Wildman–Crippen LogP) is 1.91. The van der Waals surface area contributed by atoms with Gasteiger partial charge in [-0.25, -0.2) is 0 Å². The second kappa shape index (κ2) is 8.68. The molecule has 2 atom stereocenters. The molecule has 0 aromatic heterocycles. The van der Waals surface area contributed by atoms with Gasteiger partial charge in [-0.05, 0) is 49.4 Å². The lowest BCUT2D eigenvalue weighted by Gasteiger charge is -2.37. The zero-order valence-electron chi connectivity index (χ0n) is 14.8. The molecule has 1 heterocycles. The van der Waals surface area contributed by atoms with E-state index in [2.05, 4.69) is 16.0 Å². The lowest BCUT2D eigenvalue weighted by Crippen LogP contribution is -2.48. The molecule has 1 aliphatic heterocycles. The average molecular weight is 366 g/mol. The van der Waals surface area contributed by atoms with Crippen molar-refractivity contribution >= 4 is 24.2 Å². The van der Waals surface area contributed by atoms with Crippen molar-refractivity contribution in [3.05, 3.63) is 35.4 Å². The Hall–Kier alpha value is -1.59. The van der Waals surface area contributed by atoms with E-state index in [0.717, 1.165) is 44.3 Å². The largest absolute Gasteiger partial charge is 0.355 e. The van der Waals surface area contributed by atoms with E-state index in [0.29, 0.717) is 18.0 Å². The fourth-order valence-corrected chi connectivity index (χ4v) is 4.20. The summed E-state index contributed by atoms with van der Waals surface area (Å²) in [4.78, 5) is 24.5. The van der Waals surface area contributed by atoms with Gasteiger partial charge in [-0.15, -0.1) is 12.4 Å². The lowest BCUT2D eigenvalue weighted by atomic mass is 9.67. The molecule has 1 saturated heterocycles. The Balaban J connectivity index is 0.00000225. The average Bonchev–Trinajstić information content (AvgIpc) is 3.06. The van der Waals surface area contributed by atoms with Crippen LogP contribution in [0.5, 0.6) is 0 Å². The minimum absolute atomic E-state index is 0. The number of halogens is 1. The second-order valence-corrected chi connectivity index (χ2v) is 7.02. The molecule has 25 heavy (non-hydrogen) atoms. The molecule has 3 rings (SSSR count). The van der Waals surface area contributed by atoms with Gasteiger partial charge in [0.05, 0.1) is 5.41 Å². The van der Waals surface area contributed by atoms with Crippen molar-refractivity contribution in [3.63, 3.8) is 0 Å². The maximum absolute atomic E-state index is 12.8. The second-order valence-electron chi connectivity index (χ2n) is 7.02. The Bertz CT molecular complexity index is 622. The van der Waals surface area contributed by atoms with E-state index in [4.69, 9.17) is 0 Å². The highest BCUT2D eigenvalue weighted by atomic mass is 35.5. The molecule has 2 aliphatic rings. The van der Waals surface area contributed by atoms with Crippen molar-refractivity contribution < 1.29 is 9.59 Å². The van der Waals surface area contributed by atoms with Crippen molar-refractivity contribution in [2.45, 2.75) is 32.1 Å². The fraction of sp³-hybridized carbons (Fsp3) is 0.579. The molecule has 5 nitrogen and oxygen atoms in total. The van der Waals surface area contributed by atoms with Gasteiger partial charge in [0.25, 0.3) is 5.91 Å². The minimum atomic E-state index is -0.192. The first-order valence-electron chi connectivity index (χ1n) is 8.96. The van der Waals surface area contributed by atoms with Gasteiger partial charge in [-0.3, -0.25) is 9.59 Å². The van der Waals surface area contributed by atoms with E-state index in [-0.39, 0.29) is 29.6 Å². The maximum atomic E-state index is 12.8. The standard InChI is InChI=1S/C19H27N3O2.ClH/c1-20-17(23)15-6-4-5-14(11-15)8-10-22-18(24)19-9-3-2-7-16(19)12-21-13-19;/h4-6,11,16,21H,2-3,7-10,12-13H2,1H3,(H,20,23)(H,22,24);1H/t16-,19+;/m0./s1. The highest BCUT2D eigenvalue weighted by molar-refractivity contribution is 5.94. The number of fused-ring (bicyclic) bond motifs is 1. The van der Waals surface area contributed by atoms with Crippen molar-refractivity contribution in [2.24, 2.45) is 11.3 Å². The van der Waals surface area contributed by atoms with Crippen LogP contribution >= 0.6 is 12.4 Å². The van der Waals surface area contributed by atoms with Gasteiger partial charge in [0.15, 0.2) is 0 Å². The summed E-state index contributed by atoms with van der Waals surface area (Å²) in [5, 5.41) is 9.20. The quantitative estimate of drug-likeness (QED) is 0.746. The summed E-state index contributed by atoms with van der Waals surface area (Å²) >= 11 is 0. The molecule has 3 N–H and O–H groups in total. The Labute approximate surface area is 155 Å². The molecule has 6 heteroatoms. The van der Waals surface area contributed by atoms with Crippen LogP contribution in [0.3, 0.4) is 0 Å². The molecule has 0 radical (unpaired) electrons. The summed E-state index contributed by atoms with van der Waals surface area (Å²) in [5.74, 6) is 0.615. The zero-order chi connectivity index (χ0) is 17.0.